The molecule has 0 radical (unpaired) electrons. The second kappa shape index (κ2) is 3.38. The molecule has 0 aliphatic carbocycles. The van der Waals surface area contributed by atoms with Gasteiger partial charge < -0.3 is 10.8 Å². The Morgan fingerprint density at radius 2 is 1.69 bits per heavy atom. The Hall–Kier alpha value is -1.02. The molecular formula is C11H17NO. The predicted octanol–water partition coefficient (Wildman–Crippen LogP) is 2.23. The van der Waals surface area contributed by atoms with E-state index in [1.807, 2.05) is 26.0 Å². The minimum atomic E-state index is -0.225. The molecule has 1 aromatic carbocycles. The van der Waals surface area contributed by atoms with E-state index in [0.717, 1.165) is 5.56 Å². The van der Waals surface area contributed by atoms with E-state index in [-0.39, 0.29) is 11.5 Å². The minimum absolute atomic E-state index is 0.225. The molecule has 0 saturated heterocycles. The molecule has 13 heavy (non-hydrogen) atoms. The fraction of sp³-hybridized carbons (Fsp3) is 0.455. The number of phenols is 1. The normalized spacial score (nSPS) is 14.2. The summed E-state index contributed by atoms with van der Waals surface area (Å²) in [5.41, 5.74) is 6.92. The van der Waals surface area contributed by atoms with E-state index < -0.39 is 0 Å². The molecule has 0 fully saturated rings. The molecule has 3 N–H and O–H groups in total. The average molecular weight is 179 g/mol. The molecule has 0 saturated carbocycles. The molecule has 0 spiro atoms. The lowest BCUT2D eigenvalue weighted by Crippen LogP contribution is -2.37. The van der Waals surface area contributed by atoms with Crippen LogP contribution in [0.4, 0.5) is 0 Å². The highest BCUT2D eigenvalue weighted by Crippen LogP contribution is 2.26. The Bertz CT molecular complexity index is 271. The van der Waals surface area contributed by atoms with Crippen molar-refractivity contribution in [2.24, 2.45) is 5.73 Å². The first-order valence-corrected chi connectivity index (χ1v) is 4.49. The quantitative estimate of drug-likeness (QED) is 0.731. The van der Waals surface area contributed by atoms with Gasteiger partial charge in [0.1, 0.15) is 5.75 Å². The van der Waals surface area contributed by atoms with Crippen molar-refractivity contribution in [3.63, 3.8) is 0 Å². The molecule has 0 bridgehead atoms. The maximum Gasteiger partial charge on any atom is 0.115 e. The van der Waals surface area contributed by atoms with Gasteiger partial charge in [0.2, 0.25) is 0 Å². The van der Waals surface area contributed by atoms with Crippen LogP contribution in [0.2, 0.25) is 0 Å². The van der Waals surface area contributed by atoms with Crippen LogP contribution in [0.3, 0.4) is 0 Å². The number of nitrogens with two attached hydrogens (primary N) is 1. The summed E-state index contributed by atoms with van der Waals surface area (Å²) < 4.78 is 0. The SMILES string of the molecule is CC(c1ccc(O)cc1)C(C)(C)N. The van der Waals surface area contributed by atoms with Crippen LogP contribution in [0.1, 0.15) is 32.3 Å². The molecule has 72 valence electrons. The van der Waals surface area contributed by atoms with E-state index in [9.17, 15) is 0 Å². The Labute approximate surface area is 79.4 Å². The summed E-state index contributed by atoms with van der Waals surface area (Å²) in [7, 11) is 0. The van der Waals surface area contributed by atoms with Gasteiger partial charge in [-0.2, -0.15) is 0 Å². The van der Waals surface area contributed by atoms with E-state index in [1.54, 1.807) is 12.1 Å². The highest BCUT2D eigenvalue weighted by molar-refractivity contribution is 5.29. The van der Waals surface area contributed by atoms with Gasteiger partial charge in [-0.1, -0.05) is 19.1 Å². The summed E-state index contributed by atoms with van der Waals surface area (Å²) in [6.07, 6.45) is 0. The summed E-state index contributed by atoms with van der Waals surface area (Å²) in [5.74, 6) is 0.582. The molecule has 0 aromatic heterocycles. The van der Waals surface area contributed by atoms with Gasteiger partial charge >= 0.3 is 0 Å². The van der Waals surface area contributed by atoms with Crippen LogP contribution in [0, 0.1) is 0 Å². The lowest BCUT2D eigenvalue weighted by atomic mass is 9.84. The first kappa shape index (κ1) is 10.1. The molecule has 1 unspecified atom stereocenters. The second-order valence-corrected chi connectivity index (χ2v) is 4.13. The zero-order chi connectivity index (χ0) is 10.1. The lowest BCUT2D eigenvalue weighted by molar-refractivity contribution is 0.433. The number of hydrogen-bond donors (Lipinski definition) is 2. The van der Waals surface area contributed by atoms with Crippen molar-refractivity contribution in [1.82, 2.24) is 0 Å². The number of benzene rings is 1. The Kier molecular flexibility index (Phi) is 2.62. The summed E-state index contributed by atoms with van der Waals surface area (Å²) in [6.45, 7) is 6.10. The molecule has 1 atom stereocenters. The van der Waals surface area contributed by atoms with Gasteiger partial charge in [0.25, 0.3) is 0 Å². The van der Waals surface area contributed by atoms with Crippen LogP contribution in [-0.2, 0) is 0 Å². The third-order valence-corrected chi connectivity index (χ3v) is 2.51. The van der Waals surface area contributed by atoms with E-state index in [1.165, 1.54) is 0 Å². The first-order valence-electron chi connectivity index (χ1n) is 4.49. The van der Waals surface area contributed by atoms with Gasteiger partial charge in [-0.25, -0.2) is 0 Å². The molecule has 0 heterocycles. The fourth-order valence-corrected chi connectivity index (χ4v) is 1.19. The Morgan fingerprint density at radius 1 is 1.23 bits per heavy atom. The van der Waals surface area contributed by atoms with Crippen LogP contribution in [-0.4, -0.2) is 10.6 Å². The van der Waals surface area contributed by atoms with E-state index in [4.69, 9.17) is 10.8 Å². The van der Waals surface area contributed by atoms with Crippen molar-refractivity contribution in [1.29, 1.82) is 0 Å². The first-order chi connectivity index (χ1) is 5.91. The van der Waals surface area contributed by atoms with Crippen LogP contribution in [0.15, 0.2) is 24.3 Å². The van der Waals surface area contributed by atoms with Crippen molar-refractivity contribution in [2.75, 3.05) is 0 Å². The van der Waals surface area contributed by atoms with Gasteiger partial charge in [-0.15, -0.1) is 0 Å². The minimum Gasteiger partial charge on any atom is -0.508 e. The summed E-state index contributed by atoms with van der Waals surface area (Å²) in [6, 6.07) is 7.21. The number of hydrogen-bond acceptors (Lipinski definition) is 2. The molecule has 0 amide bonds. The molecule has 2 nitrogen and oxygen atoms in total. The van der Waals surface area contributed by atoms with Gasteiger partial charge in [-0.3, -0.25) is 0 Å². The number of aromatic hydroxyl groups is 1. The van der Waals surface area contributed by atoms with Crippen molar-refractivity contribution in [3.8, 4) is 5.75 Å². The van der Waals surface area contributed by atoms with Gasteiger partial charge in [0.05, 0.1) is 0 Å². The molecule has 2 heteroatoms. The van der Waals surface area contributed by atoms with Gasteiger partial charge in [0, 0.05) is 5.54 Å². The van der Waals surface area contributed by atoms with Crippen LogP contribution < -0.4 is 5.73 Å². The van der Waals surface area contributed by atoms with Crippen molar-refractivity contribution < 1.29 is 5.11 Å². The lowest BCUT2D eigenvalue weighted by Gasteiger charge is -2.27. The third-order valence-electron chi connectivity index (χ3n) is 2.51. The highest BCUT2D eigenvalue weighted by Gasteiger charge is 2.21. The fourth-order valence-electron chi connectivity index (χ4n) is 1.19. The highest BCUT2D eigenvalue weighted by atomic mass is 16.3. The van der Waals surface area contributed by atoms with Crippen LogP contribution >= 0.6 is 0 Å². The van der Waals surface area contributed by atoms with Crippen molar-refractivity contribution >= 4 is 0 Å². The van der Waals surface area contributed by atoms with E-state index in [2.05, 4.69) is 6.92 Å². The van der Waals surface area contributed by atoms with Crippen LogP contribution in [0.25, 0.3) is 0 Å². The maximum atomic E-state index is 9.11. The topological polar surface area (TPSA) is 46.2 Å². The summed E-state index contributed by atoms with van der Waals surface area (Å²) in [5, 5.41) is 9.11. The third kappa shape index (κ3) is 2.46. The molecule has 0 aliphatic heterocycles. The van der Waals surface area contributed by atoms with Gasteiger partial charge in [-0.05, 0) is 37.5 Å². The zero-order valence-electron chi connectivity index (χ0n) is 8.41. The predicted molar refractivity (Wildman–Crippen MR) is 54.8 cm³/mol. The molecular weight excluding hydrogens is 162 g/mol. The summed E-state index contributed by atoms with van der Waals surface area (Å²) >= 11 is 0. The Balaban J connectivity index is 2.90. The summed E-state index contributed by atoms with van der Waals surface area (Å²) in [4.78, 5) is 0. The average Bonchev–Trinajstić information content (AvgIpc) is 2.03. The molecule has 1 aromatic rings. The maximum absolute atomic E-state index is 9.11. The number of rotatable bonds is 2. The van der Waals surface area contributed by atoms with E-state index >= 15 is 0 Å². The van der Waals surface area contributed by atoms with Crippen molar-refractivity contribution in [2.45, 2.75) is 32.2 Å². The zero-order valence-corrected chi connectivity index (χ0v) is 8.41. The molecule has 1 rings (SSSR count). The standard InChI is InChI=1S/C11H17NO/c1-8(11(2,3)12)9-4-6-10(13)7-5-9/h4-8,13H,12H2,1-3H3. The monoisotopic (exact) mass is 179 g/mol. The Morgan fingerprint density at radius 3 is 2.08 bits per heavy atom. The molecule has 0 aliphatic rings. The van der Waals surface area contributed by atoms with E-state index in [0.29, 0.717) is 5.75 Å². The number of phenolic OH excluding ortho intramolecular Hbond substituents is 1. The van der Waals surface area contributed by atoms with Crippen molar-refractivity contribution in [3.05, 3.63) is 29.8 Å². The smallest absolute Gasteiger partial charge is 0.115 e. The van der Waals surface area contributed by atoms with Gasteiger partial charge in [0.15, 0.2) is 0 Å². The largest absolute Gasteiger partial charge is 0.508 e. The van der Waals surface area contributed by atoms with Crippen LogP contribution in [0.5, 0.6) is 5.75 Å². The second-order valence-electron chi connectivity index (χ2n) is 4.13.